The Balaban J connectivity index is 1.65. The Kier molecular flexibility index (Phi) is 6.90. The van der Waals surface area contributed by atoms with Gasteiger partial charge in [-0.15, -0.1) is 6.58 Å². The number of fused-ring (bicyclic) bond motifs is 2. The summed E-state index contributed by atoms with van der Waals surface area (Å²) in [5.74, 6) is -2.56. The topological polar surface area (TPSA) is 90.4 Å². The summed E-state index contributed by atoms with van der Waals surface area (Å²) in [5.41, 5.74) is -0.641. The Bertz CT molecular complexity index is 1280. The molecule has 0 aliphatic carbocycles. The maximum Gasteiger partial charge on any atom is 0.296 e. The lowest BCUT2D eigenvalue weighted by molar-refractivity contribution is -0.143. The number of ketones is 1. The van der Waals surface area contributed by atoms with Gasteiger partial charge in [0.1, 0.15) is 5.76 Å². The van der Waals surface area contributed by atoms with E-state index in [2.05, 4.69) is 11.5 Å². The first-order valence-corrected chi connectivity index (χ1v) is 12.7. The molecule has 1 unspecified atom stereocenters. The van der Waals surface area contributed by atoms with Crippen molar-refractivity contribution in [2.24, 2.45) is 0 Å². The van der Waals surface area contributed by atoms with E-state index in [1.165, 1.54) is 9.80 Å². The van der Waals surface area contributed by atoms with Crippen LogP contribution in [0.5, 0.6) is 0 Å². The molecule has 2 aromatic carbocycles. The number of likely N-dealkylation sites (tertiary alicyclic amines) is 1. The van der Waals surface area contributed by atoms with E-state index in [1.807, 2.05) is 0 Å². The Morgan fingerprint density at radius 1 is 1.05 bits per heavy atom. The van der Waals surface area contributed by atoms with Crippen molar-refractivity contribution in [3.8, 4) is 0 Å². The number of halogens is 1. The zero-order valence-electron chi connectivity index (χ0n) is 20.4. The van der Waals surface area contributed by atoms with Crippen LogP contribution in [0.1, 0.15) is 17.5 Å². The fraction of sp³-hybridized carbons (Fsp3) is 0.321. The number of morpholine rings is 1. The Hall–Kier alpha value is -3.46. The molecule has 2 aromatic rings. The van der Waals surface area contributed by atoms with Gasteiger partial charge in [-0.3, -0.25) is 19.3 Å². The fourth-order valence-electron chi connectivity index (χ4n) is 5.51. The third-order valence-corrected chi connectivity index (χ3v) is 7.45. The standard InChI is InChI=1S/C28H28ClN3O5/c1-2-12-31-22-7-4-3-6-21(22)28(27(31)36)23(24(33)19-8-10-20(29)11-9-19)25(34)26(35)32(28)14-5-13-30-15-17-37-18-16-30/h2-4,6-11,33H,1,5,12-18H2/b24-23-. The smallest absolute Gasteiger partial charge is 0.296 e. The van der Waals surface area contributed by atoms with Crippen molar-refractivity contribution >= 4 is 40.6 Å². The Morgan fingerprint density at radius 3 is 2.46 bits per heavy atom. The van der Waals surface area contributed by atoms with Crippen LogP contribution in [0.4, 0.5) is 5.69 Å². The summed E-state index contributed by atoms with van der Waals surface area (Å²) < 4.78 is 5.41. The lowest BCUT2D eigenvalue weighted by atomic mass is 9.82. The molecule has 5 rings (SSSR count). The lowest BCUT2D eigenvalue weighted by Crippen LogP contribution is -2.52. The van der Waals surface area contributed by atoms with Crippen molar-refractivity contribution in [1.82, 2.24) is 9.80 Å². The van der Waals surface area contributed by atoms with Gasteiger partial charge in [0.2, 0.25) is 0 Å². The number of rotatable bonds is 7. The molecular weight excluding hydrogens is 494 g/mol. The van der Waals surface area contributed by atoms with Crippen LogP contribution < -0.4 is 4.90 Å². The molecule has 1 N–H and O–H groups in total. The molecule has 1 spiro atoms. The highest BCUT2D eigenvalue weighted by molar-refractivity contribution is 6.50. The summed E-state index contributed by atoms with van der Waals surface area (Å²) in [7, 11) is 0. The molecule has 0 saturated carbocycles. The van der Waals surface area contributed by atoms with Crippen molar-refractivity contribution in [3.63, 3.8) is 0 Å². The molecule has 37 heavy (non-hydrogen) atoms. The van der Waals surface area contributed by atoms with E-state index < -0.39 is 28.9 Å². The normalized spacial score (nSPS) is 23.2. The van der Waals surface area contributed by atoms with Crippen molar-refractivity contribution < 1.29 is 24.2 Å². The zero-order chi connectivity index (χ0) is 26.2. The van der Waals surface area contributed by atoms with Crippen LogP contribution in [0.25, 0.3) is 5.76 Å². The monoisotopic (exact) mass is 521 g/mol. The molecule has 3 heterocycles. The molecule has 0 bridgehead atoms. The minimum absolute atomic E-state index is 0.168. The van der Waals surface area contributed by atoms with Crippen LogP contribution in [0.15, 0.2) is 66.8 Å². The van der Waals surface area contributed by atoms with Gasteiger partial charge in [0.15, 0.2) is 5.54 Å². The Labute approximate surface area is 220 Å². The number of nitrogens with zero attached hydrogens (tertiary/aromatic N) is 3. The van der Waals surface area contributed by atoms with Gasteiger partial charge in [-0.25, -0.2) is 0 Å². The first-order chi connectivity index (χ1) is 17.9. The van der Waals surface area contributed by atoms with Crippen LogP contribution in [0.3, 0.4) is 0 Å². The second-order valence-corrected chi connectivity index (χ2v) is 9.69. The van der Waals surface area contributed by atoms with Crippen LogP contribution in [0, 0.1) is 0 Å². The van der Waals surface area contributed by atoms with E-state index in [0.29, 0.717) is 48.0 Å². The molecule has 3 aliphatic heterocycles. The Morgan fingerprint density at radius 2 is 1.76 bits per heavy atom. The molecule has 0 radical (unpaired) electrons. The molecule has 1 atom stereocenters. The average molecular weight is 522 g/mol. The summed E-state index contributed by atoms with van der Waals surface area (Å²) in [6, 6.07) is 13.4. The van der Waals surface area contributed by atoms with Gasteiger partial charge in [0.05, 0.1) is 24.5 Å². The maximum atomic E-state index is 14.3. The predicted octanol–water partition coefficient (Wildman–Crippen LogP) is 3.17. The van der Waals surface area contributed by atoms with E-state index in [0.717, 1.165) is 13.1 Å². The summed E-state index contributed by atoms with van der Waals surface area (Å²) in [5, 5.41) is 11.9. The second-order valence-electron chi connectivity index (χ2n) is 9.26. The number of hydrogen-bond acceptors (Lipinski definition) is 6. The molecule has 2 saturated heterocycles. The molecule has 192 valence electrons. The number of carbonyl (C=O) groups excluding carboxylic acids is 3. The van der Waals surface area contributed by atoms with Crippen LogP contribution >= 0.6 is 11.6 Å². The number of para-hydroxylation sites is 1. The quantitative estimate of drug-likeness (QED) is 0.260. The fourth-order valence-corrected chi connectivity index (χ4v) is 5.63. The first kappa shape index (κ1) is 25.2. The van der Waals surface area contributed by atoms with Crippen LogP contribution in [0.2, 0.25) is 5.02 Å². The number of hydrogen-bond donors (Lipinski definition) is 1. The number of benzene rings is 2. The van der Waals surface area contributed by atoms with Crippen molar-refractivity contribution in [1.29, 1.82) is 0 Å². The summed E-state index contributed by atoms with van der Waals surface area (Å²) in [4.78, 5) is 46.5. The van der Waals surface area contributed by atoms with Gasteiger partial charge in [-0.2, -0.15) is 0 Å². The first-order valence-electron chi connectivity index (χ1n) is 12.3. The summed E-state index contributed by atoms with van der Waals surface area (Å²) in [6.45, 7) is 7.69. The van der Waals surface area contributed by atoms with Gasteiger partial charge in [-0.05, 0) is 36.8 Å². The number of Topliss-reactive ketones (excluding diaryl/α,β-unsaturated/α-hetero) is 1. The number of ether oxygens (including phenoxy) is 1. The molecule has 2 fully saturated rings. The van der Waals surface area contributed by atoms with Crippen LogP contribution in [-0.4, -0.2) is 78.4 Å². The number of carbonyl (C=O) groups is 3. The lowest BCUT2D eigenvalue weighted by Gasteiger charge is -2.35. The highest BCUT2D eigenvalue weighted by Gasteiger charge is 2.66. The molecule has 0 aromatic heterocycles. The number of anilines is 1. The third kappa shape index (κ3) is 4.05. The number of amides is 2. The van der Waals surface area contributed by atoms with Crippen molar-refractivity contribution in [2.45, 2.75) is 12.0 Å². The second kappa shape index (κ2) is 10.1. The van der Waals surface area contributed by atoms with E-state index in [9.17, 15) is 19.5 Å². The molecule has 9 heteroatoms. The van der Waals surface area contributed by atoms with Gasteiger partial charge >= 0.3 is 0 Å². The average Bonchev–Trinajstić information content (AvgIpc) is 3.28. The van der Waals surface area contributed by atoms with E-state index in [-0.39, 0.29) is 18.7 Å². The van der Waals surface area contributed by atoms with Gasteiger partial charge < -0.3 is 19.6 Å². The van der Waals surface area contributed by atoms with Gasteiger partial charge in [0.25, 0.3) is 17.6 Å². The van der Waals surface area contributed by atoms with Gasteiger partial charge in [-0.1, -0.05) is 35.9 Å². The zero-order valence-corrected chi connectivity index (χ0v) is 21.1. The minimum Gasteiger partial charge on any atom is -0.507 e. The van der Waals surface area contributed by atoms with Gasteiger partial charge in [0, 0.05) is 48.9 Å². The SMILES string of the molecule is C=CCN1C(=O)C2(/C(=C(\O)c3ccc(Cl)cc3)C(=O)C(=O)N2CCCN2CCOCC2)c2ccccc21. The predicted molar refractivity (Wildman–Crippen MR) is 140 cm³/mol. The molecule has 2 amide bonds. The van der Waals surface area contributed by atoms with Crippen molar-refractivity contribution in [2.75, 3.05) is 50.8 Å². The molecular formula is C28H28ClN3O5. The maximum absolute atomic E-state index is 14.3. The third-order valence-electron chi connectivity index (χ3n) is 7.20. The van der Waals surface area contributed by atoms with Crippen molar-refractivity contribution in [3.05, 3.63) is 82.9 Å². The number of aliphatic hydroxyl groups is 1. The van der Waals surface area contributed by atoms with E-state index >= 15 is 0 Å². The number of aliphatic hydroxyl groups excluding tert-OH is 1. The van der Waals surface area contributed by atoms with E-state index in [4.69, 9.17) is 16.3 Å². The van der Waals surface area contributed by atoms with E-state index in [1.54, 1.807) is 54.6 Å². The highest BCUT2D eigenvalue weighted by Crippen LogP contribution is 2.53. The molecule has 8 nitrogen and oxygen atoms in total. The minimum atomic E-state index is -1.78. The van der Waals surface area contributed by atoms with Crippen LogP contribution in [-0.2, 0) is 24.7 Å². The summed E-state index contributed by atoms with van der Waals surface area (Å²) >= 11 is 6.03. The summed E-state index contributed by atoms with van der Waals surface area (Å²) in [6.07, 6.45) is 2.14. The molecule has 3 aliphatic rings. The largest absolute Gasteiger partial charge is 0.507 e. The highest BCUT2D eigenvalue weighted by atomic mass is 35.5.